The molecule has 0 fully saturated rings. The summed E-state index contributed by atoms with van der Waals surface area (Å²) in [6.07, 6.45) is 0. The molecule has 4 heteroatoms. The first-order chi connectivity index (χ1) is 5.75. The van der Waals surface area contributed by atoms with Crippen LogP contribution in [0.25, 0.3) is 0 Å². The topological polar surface area (TPSA) is 57.5 Å². The van der Waals surface area contributed by atoms with Crippen molar-refractivity contribution < 1.29 is 14.4 Å². The quantitative estimate of drug-likeness (QED) is 0.670. The molecule has 0 unspecified atom stereocenters. The molecule has 0 aromatic rings. The van der Waals surface area contributed by atoms with E-state index in [1.807, 2.05) is 41.5 Å². The Labute approximate surface area is 87.1 Å². The Morgan fingerprint density at radius 2 is 1.00 bits per heavy atom. The third kappa shape index (κ3) is 2.05. The van der Waals surface area contributed by atoms with Gasteiger partial charge in [-0.1, -0.05) is 41.5 Å². The molecule has 3 nitrogen and oxygen atoms in total. The molecule has 0 aliphatic carbocycles. The predicted molar refractivity (Wildman–Crippen MR) is 59.4 cm³/mol. The first-order valence-electron chi connectivity index (χ1n) is 4.81. The second-order valence-electron chi connectivity index (χ2n) is 6.12. The monoisotopic (exact) mass is 222 g/mol. The van der Waals surface area contributed by atoms with Gasteiger partial charge in [0, 0.05) is 0 Å². The summed E-state index contributed by atoms with van der Waals surface area (Å²) in [4.78, 5) is 19.0. The lowest BCUT2D eigenvalue weighted by molar-refractivity contribution is 0.115. The van der Waals surface area contributed by atoms with Gasteiger partial charge >= 0.3 is 7.60 Å². The highest BCUT2D eigenvalue weighted by molar-refractivity contribution is 7.53. The van der Waals surface area contributed by atoms with E-state index in [1.54, 1.807) is 6.92 Å². The average Bonchev–Trinajstić information content (AvgIpc) is 1.77. The van der Waals surface area contributed by atoms with Crippen LogP contribution in [0.2, 0.25) is 0 Å². The van der Waals surface area contributed by atoms with Gasteiger partial charge < -0.3 is 9.79 Å². The van der Waals surface area contributed by atoms with E-state index >= 15 is 0 Å². The van der Waals surface area contributed by atoms with Gasteiger partial charge in [-0.05, 0) is 17.8 Å². The summed E-state index contributed by atoms with van der Waals surface area (Å²) in [5.74, 6) is 0. The molecule has 0 radical (unpaired) electrons. The highest BCUT2D eigenvalue weighted by Gasteiger charge is 2.58. The summed E-state index contributed by atoms with van der Waals surface area (Å²) in [6.45, 7) is 12.9. The Kier molecular flexibility index (Phi) is 3.36. The van der Waals surface area contributed by atoms with Crippen molar-refractivity contribution >= 4 is 7.60 Å². The summed E-state index contributed by atoms with van der Waals surface area (Å²) >= 11 is 0. The minimum absolute atomic E-state index is 0.440. The maximum absolute atomic E-state index is 11.6. The zero-order chi connectivity index (χ0) is 12.0. The predicted octanol–water partition coefficient (Wildman–Crippen LogP) is 3.02. The van der Waals surface area contributed by atoms with Crippen molar-refractivity contribution in [3.05, 3.63) is 0 Å². The van der Waals surface area contributed by atoms with Gasteiger partial charge in [0.1, 0.15) is 0 Å². The molecule has 0 atom stereocenters. The fraction of sp³-hybridized carbons (Fsp3) is 1.00. The lowest BCUT2D eigenvalue weighted by Crippen LogP contribution is -2.50. The van der Waals surface area contributed by atoms with Crippen molar-refractivity contribution in [1.29, 1.82) is 0 Å². The molecule has 0 aromatic heterocycles. The van der Waals surface area contributed by atoms with E-state index in [-0.39, 0.29) is 0 Å². The Hall–Kier alpha value is 0.150. The first kappa shape index (κ1) is 14.2. The zero-order valence-corrected chi connectivity index (χ0v) is 11.1. The van der Waals surface area contributed by atoms with Crippen LogP contribution in [0, 0.1) is 10.8 Å². The van der Waals surface area contributed by atoms with Gasteiger partial charge in [-0.3, -0.25) is 4.57 Å². The minimum atomic E-state index is -4.13. The standard InChI is InChI=1S/C10H23O3P/c1-8(2,3)10(7,9(4,5)6)14(11,12)13/h1-7H3,(H2,11,12,13). The fourth-order valence-electron chi connectivity index (χ4n) is 2.00. The number of hydrogen-bond acceptors (Lipinski definition) is 1. The minimum Gasteiger partial charge on any atom is -0.324 e. The van der Waals surface area contributed by atoms with Crippen LogP contribution in [0.15, 0.2) is 0 Å². The van der Waals surface area contributed by atoms with Crippen LogP contribution in [0.4, 0.5) is 0 Å². The van der Waals surface area contributed by atoms with E-state index in [1.165, 1.54) is 0 Å². The van der Waals surface area contributed by atoms with E-state index in [0.29, 0.717) is 0 Å². The van der Waals surface area contributed by atoms with Crippen LogP contribution >= 0.6 is 7.60 Å². The summed E-state index contributed by atoms with van der Waals surface area (Å²) in [6, 6.07) is 0. The molecule has 0 aromatic carbocycles. The highest BCUT2D eigenvalue weighted by atomic mass is 31.2. The van der Waals surface area contributed by atoms with Crippen molar-refractivity contribution in [2.75, 3.05) is 0 Å². The summed E-state index contributed by atoms with van der Waals surface area (Å²) in [5, 5.41) is -1.02. The SMILES string of the molecule is CC(C)(C)C(C)(C(C)(C)C)P(=O)(O)O. The van der Waals surface area contributed by atoms with Gasteiger partial charge in [0.25, 0.3) is 0 Å². The Bertz CT molecular complexity index is 238. The van der Waals surface area contributed by atoms with Gasteiger partial charge in [-0.2, -0.15) is 0 Å². The van der Waals surface area contributed by atoms with E-state index in [0.717, 1.165) is 0 Å². The van der Waals surface area contributed by atoms with Crippen LogP contribution in [-0.4, -0.2) is 14.9 Å². The van der Waals surface area contributed by atoms with Crippen LogP contribution in [0.3, 0.4) is 0 Å². The summed E-state index contributed by atoms with van der Waals surface area (Å²) in [7, 11) is -4.13. The molecule has 0 amide bonds. The van der Waals surface area contributed by atoms with E-state index in [4.69, 9.17) is 0 Å². The van der Waals surface area contributed by atoms with E-state index in [2.05, 4.69) is 0 Å². The molecule has 0 heterocycles. The smallest absolute Gasteiger partial charge is 0.324 e. The van der Waals surface area contributed by atoms with E-state index in [9.17, 15) is 14.4 Å². The van der Waals surface area contributed by atoms with Crippen LogP contribution in [-0.2, 0) is 4.57 Å². The Morgan fingerprint density at radius 1 is 0.786 bits per heavy atom. The molecule has 0 rings (SSSR count). The van der Waals surface area contributed by atoms with Gasteiger partial charge in [-0.25, -0.2) is 0 Å². The number of hydrogen-bond donors (Lipinski definition) is 2. The van der Waals surface area contributed by atoms with Gasteiger partial charge in [0.15, 0.2) is 0 Å². The Balaban J connectivity index is 5.67. The second kappa shape index (κ2) is 3.33. The van der Waals surface area contributed by atoms with Gasteiger partial charge in [0.05, 0.1) is 5.16 Å². The zero-order valence-electron chi connectivity index (χ0n) is 10.2. The maximum Gasteiger partial charge on any atom is 0.332 e. The lowest BCUT2D eigenvalue weighted by Gasteiger charge is -2.50. The van der Waals surface area contributed by atoms with Crippen molar-refractivity contribution in [3.8, 4) is 0 Å². The molecule has 2 N–H and O–H groups in total. The normalized spacial score (nSPS) is 15.8. The maximum atomic E-state index is 11.6. The number of rotatable bonds is 1. The Morgan fingerprint density at radius 3 is 1.00 bits per heavy atom. The second-order valence-corrected chi connectivity index (χ2v) is 8.10. The van der Waals surface area contributed by atoms with Crippen LogP contribution < -0.4 is 0 Å². The molecule has 0 aliphatic heterocycles. The van der Waals surface area contributed by atoms with Crippen molar-refractivity contribution in [2.45, 2.75) is 53.6 Å². The van der Waals surface area contributed by atoms with Crippen molar-refractivity contribution in [2.24, 2.45) is 10.8 Å². The van der Waals surface area contributed by atoms with Gasteiger partial charge in [0.2, 0.25) is 0 Å². The third-order valence-corrected chi connectivity index (χ3v) is 6.01. The third-order valence-electron chi connectivity index (χ3n) is 3.50. The summed E-state index contributed by atoms with van der Waals surface area (Å²) < 4.78 is 11.6. The largest absolute Gasteiger partial charge is 0.332 e. The van der Waals surface area contributed by atoms with Crippen LogP contribution in [0.1, 0.15) is 48.5 Å². The average molecular weight is 222 g/mol. The molecule has 0 saturated carbocycles. The molecular formula is C10H23O3P. The lowest BCUT2D eigenvalue weighted by atomic mass is 9.67. The molecule has 0 bridgehead atoms. The van der Waals surface area contributed by atoms with Crippen molar-refractivity contribution in [1.82, 2.24) is 0 Å². The fourth-order valence-corrected chi connectivity index (χ4v) is 3.75. The molecule has 0 spiro atoms. The molecule has 0 saturated heterocycles. The first-order valence-corrected chi connectivity index (χ1v) is 6.42. The van der Waals surface area contributed by atoms with Crippen LogP contribution in [0.5, 0.6) is 0 Å². The highest BCUT2D eigenvalue weighted by Crippen LogP contribution is 2.66. The molecular weight excluding hydrogens is 199 g/mol. The summed E-state index contributed by atoms with van der Waals surface area (Å²) in [5.41, 5.74) is -0.880. The molecule has 0 aliphatic rings. The van der Waals surface area contributed by atoms with Crippen molar-refractivity contribution in [3.63, 3.8) is 0 Å². The van der Waals surface area contributed by atoms with E-state index < -0.39 is 23.6 Å². The molecule has 14 heavy (non-hydrogen) atoms. The molecule has 86 valence electrons. The van der Waals surface area contributed by atoms with Gasteiger partial charge in [-0.15, -0.1) is 0 Å².